The van der Waals surface area contributed by atoms with Crippen LogP contribution in [-0.2, 0) is 6.42 Å². The molecule has 1 N–H and O–H groups in total. The van der Waals surface area contributed by atoms with Gasteiger partial charge in [0.2, 0.25) is 0 Å². The van der Waals surface area contributed by atoms with E-state index >= 15 is 0 Å². The number of hydrogen-bond donors (Lipinski definition) is 2. The van der Waals surface area contributed by atoms with E-state index in [1.165, 1.54) is 16.8 Å². The third-order valence-electron chi connectivity index (χ3n) is 4.48. The number of benzene rings is 2. The van der Waals surface area contributed by atoms with Crippen molar-refractivity contribution in [3.63, 3.8) is 0 Å². The highest BCUT2D eigenvalue weighted by molar-refractivity contribution is 7.96. The van der Waals surface area contributed by atoms with Crippen LogP contribution < -0.4 is 14.8 Å². The van der Waals surface area contributed by atoms with Gasteiger partial charge in [0.1, 0.15) is 11.6 Å². The van der Waals surface area contributed by atoms with E-state index in [0.29, 0.717) is 35.1 Å². The number of rotatable bonds is 4. The summed E-state index contributed by atoms with van der Waals surface area (Å²) in [5.74, 6) is 1.29. The number of nitrogens with one attached hydrogen (secondary N) is 1. The minimum atomic E-state index is -0.537. The van der Waals surface area contributed by atoms with Crippen molar-refractivity contribution in [2.24, 2.45) is 0 Å². The van der Waals surface area contributed by atoms with Gasteiger partial charge in [-0.15, -0.1) is 0 Å². The molecule has 1 aromatic heterocycles. The molecule has 0 amide bonds. The fourth-order valence-electron chi connectivity index (χ4n) is 3.28. The van der Waals surface area contributed by atoms with E-state index in [1.807, 2.05) is 12.1 Å². The van der Waals surface area contributed by atoms with Gasteiger partial charge in [-0.25, -0.2) is 4.39 Å². The number of ether oxygens (including phenoxy) is 2. The molecule has 0 radical (unpaired) electrons. The summed E-state index contributed by atoms with van der Waals surface area (Å²) in [6, 6.07) is 9.74. The van der Waals surface area contributed by atoms with Crippen LogP contribution in [0, 0.1) is 5.82 Å². The second kappa shape index (κ2) is 6.62. The van der Waals surface area contributed by atoms with Crippen molar-refractivity contribution >= 4 is 29.4 Å². The number of anilines is 2. The Kier molecular flexibility index (Phi) is 4.27. The van der Waals surface area contributed by atoms with Gasteiger partial charge in [-0.2, -0.15) is 9.78 Å². The topological polar surface area (TPSA) is 65.4 Å². The molecular weight excluding hydrogens is 369 g/mol. The predicted octanol–water partition coefficient (Wildman–Crippen LogP) is 4.25. The summed E-state index contributed by atoms with van der Waals surface area (Å²) < 4.78 is 25.5. The van der Waals surface area contributed by atoms with Crippen molar-refractivity contribution < 1.29 is 18.7 Å². The van der Waals surface area contributed by atoms with Crippen molar-refractivity contribution in [2.75, 3.05) is 19.5 Å². The zero-order valence-corrected chi connectivity index (χ0v) is 15.5. The molecule has 0 saturated heterocycles. The average molecular weight is 385 g/mol. The largest absolute Gasteiger partial charge is 0.493 e. The molecule has 2 aromatic carbocycles. The molecule has 3 aromatic rings. The molecule has 0 spiro atoms. The summed E-state index contributed by atoms with van der Waals surface area (Å²) in [6.45, 7) is 0. The van der Waals surface area contributed by atoms with Gasteiger partial charge in [-0.05, 0) is 35.9 Å². The van der Waals surface area contributed by atoms with E-state index in [0.717, 1.165) is 16.7 Å². The SMILES string of the molecule is COc1cc2c(cc1OC)-c1nn(C(=O)S)c(Nc3cccc(F)c3)c1C2. The van der Waals surface area contributed by atoms with Gasteiger partial charge >= 0.3 is 5.24 Å². The van der Waals surface area contributed by atoms with E-state index in [-0.39, 0.29) is 5.82 Å². The Morgan fingerprint density at radius 2 is 1.96 bits per heavy atom. The molecule has 27 heavy (non-hydrogen) atoms. The molecule has 8 heteroatoms. The minimum absolute atomic E-state index is 0.377. The van der Waals surface area contributed by atoms with Crippen LogP contribution in [0.5, 0.6) is 11.5 Å². The van der Waals surface area contributed by atoms with Crippen LogP contribution >= 0.6 is 12.6 Å². The van der Waals surface area contributed by atoms with Gasteiger partial charge in [-0.1, -0.05) is 18.7 Å². The molecule has 138 valence electrons. The van der Waals surface area contributed by atoms with Crippen molar-refractivity contribution in [3.05, 3.63) is 53.3 Å². The van der Waals surface area contributed by atoms with Crippen LogP contribution in [0.2, 0.25) is 0 Å². The number of carbonyl (C=O) groups excluding carboxylic acids is 1. The number of thiol groups is 1. The molecule has 0 saturated carbocycles. The van der Waals surface area contributed by atoms with E-state index in [2.05, 4.69) is 23.0 Å². The Morgan fingerprint density at radius 1 is 1.22 bits per heavy atom. The van der Waals surface area contributed by atoms with Crippen molar-refractivity contribution in [1.29, 1.82) is 0 Å². The lowest BCUT2D eigenvalue weighted by atomic mass is 10.1. The first-order valence-corrected chi connectivity index (χ1v) is 8.59. The molecule has 1 aliphatic carbocycles. The number of aromatic nitrogens is 2. The van der Waals surface area contributed by atoms with Crippen LogP contribution in [-0.4, -0.2) is 29.2 Å². The van der Waals surface area contributed by atoms with Gasteiger partial charge in [0, 0.05) is 23.2 Å². The van der Waals surface area contributed by atoms with Crippen LogP contribution in [0.15, 0.2) is 36.4 Å². The summed E-state index contributed by atoms with van der Waals surface area (Å²) in [5, 5.41) is 6.98. The van der Waals surface area contributed by atoms with Gasteiger partial charge < -0.3 is 14.8 Å². The monoisotopic (exact) mass is 385 g/mol. The molecule has 6 nitrogen and oxygen atoms in total. The molecule has 1 heterocycles. The number of nitrogens with zero attached hydrogens (tertiary/aromatic N) is 2. The highest BCUT2D eigenvalue weighted by Gasteiger charge is 2.30. The Balaban J connectivity index is 1.83. The molecular formula is C19H16FN3O3S. The maximum Gasteiger partial charge on any atom is 0.304 e. The van der Waals surface area contributed by atoms with Crippen molar-refractivity contribution in [1.82, 2.24) is 9.78 Å². The average Bonchev–Trinajstić information content (AvgIpc) is 3.17. The lowest BCUT2D eigenvalue weighted by Gasteiger charge is -2.11. The minimum Gasteiger partial charge on any atom is -0.493 e. The highest BCUT2D eigenvalue weighted by atomic mass is 32.1. The Labute approximate surface area is 160 Å². The first-order chi connectivity index (χ1) is 13.0. The molecule has 1 aliphatic rings. The van der Waals surface area contributed by atoms with Crippen LogP contribution in [0.3, 0.4) is 0 Å². The smallest absolute Gasteiger partial charge is 0.304 e. The van der Waals surface area contributed by atoms with Gasteiger partial charge in [0.05, 0.1) is 19.9 Å². The fourth-order valence-corrected chi connectivity index (χ4v) is 3.43. The number of carbonyl (C=O) groups is 1. The first kappa shape index (κ1) is 17.4. The van der Waals surface area contributed by atoms with Gasteiger partial charge in [-0.3, -0.25) is 4.79 Å². The zero-order valence-electron chi connectivity index (χ0n) is 14.6. The van der Waals surface area contributed by atoms with Gasteiger partial charge in [0.25, 0.3) is 0 Å². The molecule has 4 rings (SSSR count). The number of halogens is 1. The lowest BCUT2D eigenvalue weighted by molar-refractivity contribution is 0.260. The normalized spacial score (nSPS) is 11.7. The maximum atomic E-state index is 13.5. The Morgan fingerprint density at radius 3 is 2.63 bits per heavy atom. The van der Waals surface area contributed by atoms with Crippen molar-refractivity contribution in [3.8, 4) is 22.8 Å². The van der Waals surface area contributed by atoms with E-state index in [1.54, 1.807) is 26.4 Å². The highest BCUT2D eigenvalue weighted by Crippen LogP contribution is 2.45. The van der Waals surface area contributed by atoms with Crippen LogP contribution in [0.1, 0.15) is 11.1 Å². The summed E-state index contributed by atoms with van der Waals surface area (Å²) >= 11 is 3.91. The van der Waals surface area contributed by atoms with Crippen LogP contribution in [0.25, 0.3) is 11.3 Å². The molecule has 0 unspecified atom stereocenters. The quantitative estimate of drug-likeness (QED) is 0.514. The lowest BCUT2D eigenvalue weighted by Crippen LogP contribution is -2.10. The van der Waals surface area contributed by atoms with E-state index in [4.69, 9.17) is 9.47 Å². The molecule has 0 aliphatic heterocycles. The Bertz CT molecular complexity index is 1060. The molecule has 0 bridgehead atoms. The number of fused-ring (bicyclic) bond motifs is 3. The standard InChI is InChI=1S/C19H16FN3O3S/c1-25-15-7-10-6-14-17(13(10)9-16(15)26-2)22-23(19(24)27)18(14)21-12-5-3-4-11(20)8-12/h3-5,7-9,21H,6H2,1-2H3,(H,24,27). The molecule has 0 fully saturated rings. The molecule has 0 atom stereocenters. The summed E-state index contributed by atoms with van der Waals surface area (Å²) in [6.07, 6.45) is 0.545. The fraction of sp³-hybridized carbons (Fsp3) is 0.158. The number of hydrogen-bond acceptors (Lipinski definition) is 5. The third kappa shape index (κ3) is 2.91. The third-order valence-corrected chi connectivity index (χ3v) is 4.67. The Hall–Kier alpha value is -3.00. The number of methoxy groups -OCH3 is 2. The van der Waals surface area contributed by atoms with E-state index < -0.39 is 5.24 Å². The van der Waals surface area contributed by atoms with Crippen LogP contribution in [0.4, 0.5) is 20.7 Å². The maximum absolute atomic E-state index is 13.5. The second-order valence-corrected chi connectivity index (χ2v) is 6.43. The first-order valence-electron chi connectivity index (χ1n) is 8.15. The van der Waals surface area contributed by atoms with Gasteiger partial charge in [0.15, 0.2) is 11.5 Å². The summed E-state index contributed by atoms with van der Waals surface area (Å²) in [7, 11) is 3.14. The van der Waals surface area contributed by atoms with E-state index in [9.17, 15) is 9.18 Å². The van der Waals surface area contributed by atoms with Crippen molar-refractivity contribution in [2.45, 2.75) is 6.42 Å². The zero-order chi connectivity index (χ0) is 19.1. The predicted molar refractivity (Wildman–Crippen MR) is 103 cm³/mol. The summed E-state index contributed by atoms with van der Waals surface area (Å²) in [5.41, 5.74) is 3.86. The second-order valence-electron chi connectivity index (χ2n) is 6.05. The summed E-state index contributed by atoms with van der Waals surface area (Å²) in [4.78, 5) is 12.0.